The SMILES string of the molecule is Clc1ccc(Cn2c(C3CCCC3)cc3cccnc32)cc1. The van der Waals surface area contributed by atoms with Gasteiger partial charge in [0.05, 0.1) is 0 Å². The van der Waals surface area contributed by atoms with Crippen molar-refractivity contribution in [2.24, 2.45) is 0 Å². The molecule has 0 amide bonds. The molecule has 3 aromatic rings. The maximum Gasteiger partial charge on any atom is 0.140 e. The molecule has 0 unspecified atom stereocenters. The number of hydrogen-bond acceptors (Lipinski definition) is 1. The Balaban J connectivity index is 1.79. The molecule has 0 spiro atoms. The van der Waals surface area contributed by atoms with Crippen molar-refractivity contribution in [2.75, 3.05) is 0 Å². The standard InChI is InChI=1S/C19H19ClN2/c20-17-9-7-14(8-10-17)13-22-18(15-4-1-2-5-15)12-16-6-3-11-21-19(16)22/h3,6-12,15H,1-2,4-5,13H2. The Labute approximate surface area is 135 Å². The predicted molar refractivity (Wildman–Crippen MR) is 91.5 cm³/mol. The van der Waals surface area contributed by atoms with Crippen molar-refractivity contribution in [3.8, 4) is 0 Å². The minimum atomic E-state index is 0.682. The van der Waals surface area contributed by atoms with E-state index in [0.29, 0.717) is 5.92 Å². The van der Waals surface area contributed by atoms with Crippen LogP contribution in [0.15, 0.2) is 48.7 Å². The van der Waals surface area contributed by atoms with E-state index in [1.54, 1.807) is 0 Å². The number of halogens is 1. The van der Waals surface area contributed by atoms with Crippen molar-refractivity contribution in [1.82, 2.24) is 9.55 Å². The van der Waals surface area contributed by atoms with E-state index < -0.39 is 0 Å². The van der Waals surface area contributed by atoms with E-state index in [1.165, 1.54) is 42.3 Å². The van der Waals surface area contributed by atoms with Gasteiger partial charge in [-0.15, -0.1) is 0 Å². The van der Waals surface area contributed by atoms with Gasteiger partial charge in [0.15, 0.2) is 0 Å². The summed E-state index contributed by atoms with van der Waals surface area (Å²) in [5.41, 5.74) is 3.81. The molecule has 2 heterocycles. The molecular formula is C19H19ClN2. The fourth-order valence-electron chi connectivity index (χ4n) is 3.61. The van der Waals surface area contributed by atoms with Gasteiger partial charge in [0.1, 0.15) is 5.65 Å². The molecular weight excluding hydrogens is 292 g/mol. The zero-order chi connectivity index (χ0) is 14.9. The summed E-state index contributed by atoms with van der Waals surface area (Å²) in [4.78, 5) is 4.62. The van der Waals surface area contributed by atoms with Crippen molar-refractivity contribution in [1.29, 1.82) is 0 Å². The normalized spacial score (nSPS) is 15.7. The Bertz CT molecular complexity index is 783. The molecule has 3 heteroatoms. The number of nitrogens with zero attached hydrogens (tertiary/aromatic N) is 2. The summed E-state index contributed by atoms with van der Waals surface area (Å²) in [6, 6.07) is 14.7. The van der Waals surface area contributed by atoms with Crippen LogP contribution in [0.25, 0.3) is 11.0 Å². The molecule has 1 fully saturated rings. The molecule has 0 radical (unpaired) electrons. The van der Waals surface area contributed by atoms with Gasteiger partial charge in [-0.1, -0.05) is 36.6 Å². The Kier molecular flexibility index (Phi) is 3.63. The summed E-state index contributed by atoms with van der Waals surface area (Å²) < 4.78 is 2.40. The van der Waals surface area contributed by atoms with E-state index in [9.17, 15) is 0 Å². The number of aromatic nitrogens is 2. The second-order valence-electron chi connectivity index (χ2n) is 6.18. The van der Waals surface area contributed by atoms with Crippen molar-refractivity contribution >= 4 is 22.6 Å². The van der Waals surface area contributed by atoms with E-state index in [2.05, 4.69) is 33.8 Å². The third kappa shape index (κ3) is 2.52. The fourth-order valence-corrected chi connectivity index (χ4v) is 3.73. The summed E-state index contributed by atoms with van der Waals surface area (Å²) >= 11 is 6.00. The van der Waals surface area contributed by atoms with Gasteiger partial charge in [-0.05, 0) is 54.7 Å². The number of pyridine rings is 1. The van der Waals surface area contributed by atoms with Crippen LogP contribution in [0.1, 0.15) is 42.9 Å². The number of hydrogen-bond donors (Lipinski definition) is 0. The minimum Gasteiger partial charge on any atom is -0.325 e. The van der Waals surface area contributed by atoms with E-state index in [1.807, 2.05) is 24.4 Å². The molecule has 1 aliphatic carbocycles. The van der Waals surface area contributed by atoms with Crippen molar-refractivity contribution < 1.29 is 0 Å². The largest absolute Gasteiger partial charge is 0.325 e. The van der Waals surface area contributed by atoms with Crippen LogP contribution in [0, 0.1) is 0 Å². The van der Waals surface area contributed by atoms with Gasteiger partial charge in [0.25, 0.3) is 0 Å². The molecule has 2 nitrogen and oxygen atoms in total. The van der Waals surface area contributed by atoms with Crippen molar-refractivity contribution in [2.45, 2.75) is 38.1 Å². The first-order valence-electron chi connectivity index (χ1n) is 8.00. The highest BCUT2D eigenvalue weighted by Crippen LogP contribution is 2.36. The summed E-state index contributed by atoms with van der Waals surface area (Å²) in [6.45, 7) is 0.865. The van der Waals surface area contributed by atoms with Crippen LogP contribution in [0.2, 0.25) is 5.02 Å². The quantitative estimate of drug-likeness (QED) is 0.633. The Morgan fingerprint density at radius 1 is 1.09 bits per heavy atom. The highest BCUT2D eigenvalue weighted by molar-refractivity contribution is 6.30. The molecule has 112 valence electrons. The molecule has 22 heavy (non-hydrogen) atoms. The third-order valence-electron chi connectivity index (χ3n) is 4.71. The van der Waals surface area contributed by atoms with Gasteiger partial charge < -0.3 is 4.57 Å². The average molecular weight is 311 g/mol. The van der Waals surface area contributed by atoms with Crippen LogP contribution in [-0.4, -0.2) is 9.55 Å². The zero-order valence-corrected chi connectivity index (χ0v) is 13.3. The Morgan fingerprint density at radius 2 is 1.86 bits per heavy atom. The first kappa shape index (κ1) is 13.8. The third-order valence-corrected chi connectivity index (χ3v) is 4.97. The highest BCUT2D eigenvalue weighted by atomic mass is 35.5. The lowest BCUT2D eigenvalue weighted by molar-refractivity contribution is 0.639. The number of rotatable bonds is 3. The lowest BCUT2D eigenvalue weighted by Gasteiger charge is -2.15. The number of fused-ring (bicyclic) bond motifs is 1. The summed E-state index contributed by atoms with van der Waals surface area (Å²) in [5, 5.41) is 2.04. The minimum absolute atomic E-state index is 0.682. The van der Waals surface area contributed by atoms with Crippen molar-refractivity contribution in [3.63, 3.8) is 0 Å². The molecule has 1 aliphatic rings. The van der Waals surface area contributed by atoms with Gasteiger partial charge in [0.2, 0.25) is 0 Å². The molecule has 0 aliphatic heterocycles. The molecule has 4 rings (SSSR count). The van der Waals surface area contributed by atoms with Gasteiger partial charge >= 0.3 is 0 Å². The molecule has 0 N–H and O–H groups in total. The van der Waals surface area contributed by atoms with E-state index >= 15 is 0 Å². The van der Waals surface area contributed by atoms with E-state index in [-0.39, 0.29) is 0 Å². The Hall–Kier alpha value is -1.80. The molecule has 0 saturated heterocycles. The van der Waals surface area contributed by atoms with Crippen LogP contribution in [0.3, 0.4) is 0 Å². The van der Waals surface area contributed by atoms with Crippen LogP contribution in [-0.2, 0) is 6.54 Å². The molecule has 2 aromatic heterocycles. The summed E-state index contributed by atoms with van der Waals surface area (Å²) in [7, 11) is 0. The topological polar surface area (TPSA) is 17.8 Å². The first-order valence-corrected chi connectivity index (χ1v) is 8.37. The van der Waals surface area contributed by atoms with Gasteiger partial charge in [0, 0.05) is 28.8 Å². The lowest BCUT2D eigenvalue weighted by Crippen LogP contribution is -2.07. The summed E-state index contributed by atoms with van der Waals surface area (Å²) in [5.74, 6) is 0.682. The van der Waals surface area contributed by atoms with Crippen LogP contribution >= 0.6 is 11.6 Å². The highest BCUT2D eigenvalue weighted by Gasteiger charge is 2.22. The second kappa shape index (κ2) is 5.77. The van der Waals surface area contributed by atoms with E-state index in [4.69, 9.17) is 11.6 Å². The maximum absolute atomic E-state index is 6.00. The second-order valence-corrected chi connectivity index (χ2v) is 6.62. The van der Waals surface area contributed by atoms with Gasteiger partial charge in [-0.2, -0.15) is 0 Å². The monoisotopic (exact) mass is 310 g/mol. The fraction of sp³-hybridized carbons (Fsp3) is 0.316. The molecule has 1 saturated carbocycles. The van der Waals surface area contributed by atoms with Crippen molar-refractivity contribution in [3.05, 3.63) is 64.9 Å². The Morgan fingerprint density at radius 3 is 2.64 bits per heavy atom. The zero-order valence-electron chi connectivity index (χ0n) is 12.5. The first-order chi connectivity index (χ1) is 10.8. The van der Waals surface area contributed by atoms with Crippen LogP contribution in [0.5, 0.6) is 0 Å². The smallest absolute Gasteiger partial charge is 0.140 e. The van der Waals surface area contributed by atoms with Gasteiger partial charge in [-0.3, -0.25) is 0 Å². The average Bonchev–Trinajstić information content (AvgIpc) is 3.18. The van der Waals surface area contributed by atoms with Gasteiger partial charge in [-0.25, -0.2) is 4.98 Å². The van der Waals surface area contributed by atoms with Crippen LogP contribution in [0.4, 0.5) is 0 Å². The number of benzene rings is 1. The van der Waals surface area contributed by atoms with Crippen LogP contribution < -0.4 is 0 Å². The predicted octanol–water partition coefficient (Wildman–Crippen LogP) is 5.40. The lowest BCUT2D eigenvalue weighted by atomic mass is 10.0. The summed E-state index contributed by atoms with van der Waals surface area (Å²) in [6.07, 6.45) is 7.19. The van der Waals surface area contributed by atoms with E-state index in [0.717, 1.165) is 17.2 Å². The molecule has 0 atom stereocenters. The molecule has 0 bridgehead atoms. The molecule has 1 aromatic carbocycles. The maximum atomic E-state index is 6.00.